The van der Waals surface area contributed by atoms with Crippen molar-refractivity contribution in [2.75, 3.05) is 6.61 Å². The van der Waals surface area contributed by atoms with Crippen molar-refractivity contribution in [2.45, 2.75) is 65.4 Å². The molecule has 100 valence electrons. The second-order valence-corrected chi connectivity index (χ2v) is 5.98. The van der Waals surface area contributed by atoms with Gasteiger partial charge in [-0.25, -0.2) is 0 Å². The van der Waals surface area contributed by atoms with Gasteiger partial charge in [0.1, 0.15) is 0 Å². The number of hydrogen-bond donors (Lipinski definition) is 2. The minimum absolute atomic E-state index is 0.223. The Labute approximate surface area is 106 Å². The highest BCUT2D eigenvalue weighted by Crippen LogP contribution is 2.29. The molecule has 0 aromatic rings. The first kappa shape index (κ1) is 14.5. The fourth-order valence-corrected chi connectivity index (χ4v) is 2.38. The maximum Gasteiger partial charge on any atom is 0.0963 e. The van der Waals surface area contributed by atoms with Crippen LogP contribution in [-0.4, -0.2) is 18.5 Å². The van der Waals surface area contributed by atoms with Gasteiger partial charge < -0.3 is 10.5 Å². The minimum atomic E-state index is -0.223. The SMILES string of the molecule is CCC1CCCC(OCCC(C)(C)C(=N)N)C1. The predicted molar refractivity (Wildman–Crippen MR) is 72.3 cm³/mol. The monoisotopic (exact) mass is 240 g/mol. The molecule has 0 amide bonds. The van der Waals surface area contributed by atoms with E-state index >= 15 is 0 Å². The highest BCUT2D eigenvalue weighted by Gasteiger charge is 2.24. The van der Waals surface area contributed by atoms with E-state index in [0.717, 1.165) is 18.9 Å². The van der Waals surface area contributed by atoms with Gasteiger partial charge in [-0.3, -0.25) is 5.41 Å². The molecule has 3 N–H and O–H groups in total. The average Bonchev–Trinajstić information content (AvgIpc) is 2.29. The molecule has 0 spiro atoms. The molecule has 1 saturated carbocycles. The molecule has 1 aliphatic rings. The van der Waals surface area contributed by atoms with Crippen molar-refractivity contribution in [1.29, 1.82) is 5.41 Å². The molecule has 1 aliphatic carbocycles. The summed E-state index contributed by atoms with van der Waals surface area (Å²) in [4.78, 5) is 0. The van der Waals surface area contributed by atoms with Crippen molar-refractivity contribution in [3.63, 3.8) is 0 Å². The Morgan fingerprint density at radius 2 is 2.12 bits per heavy atom. The fraction of sp³-hybridized carbons (Fsp3) is 0.929. The number of nitrogens with one attached hydrogen (secondary N) is 1. The van der Waals surface area contributed by atoms with Crippen LogP contribution in [0.25, 0.3) is 0 Å². The molecule has 3 heteroatoms. The van der Waals surface area contributed by atoms with Gasteiger partial charge in [0, 0.05) is 12.0 Å². The Hall–Kier alpha value is -0.570. The maximum atomic E-state index is 7.50. The quantitative estimate of drug-likeness (QED) is 0.552. The van der Waals surface area contributed by atoms with Crippen molar-refractivity contribution in [2.24, 2.45) is 17.1 Å². The van der Waals surface area contributed by atoms with E-state index in [9.17, 15) is 0 Å². The molecule has 17 heavy (non-hydrogen) atoms. The van der Waals surface area contributed by atoms with Crippen LogP contribution in [0.1, 0.15) is 59.3 Å². The molecule has 2 atom stereocenters. The molecule has 2 unspecified atom stereocenters. The lowest BCUT2D eigenvalue weighted by molar-refractivity contribution is 0.00483. The van der Waals surface area contributed by atoms with E-state index in [1.165, 1.54) is 32.1 Å². The summed E-state index contributed by atoms with van der Waals surface area (Å²) in [7, 11) is 0. The van der Waals surface area contributed by atoms with Gasteiger partial charge in [0.15, 0.2) is 0 Å². The van der Waals surface area contributed by atoms with Gasteiger partial charge in [0.2, 0.25) is 0 Å². The summed E-state index contributed by atoms with van der Waals surface area (Å²) in [5.41, 5.74) is 5.34. The van der Waals surface area contributed by atoms with Crippen molar-refractivity contribution < 1.29 is 4.74 Å². The number of hydrogen-bond acceptors (Lipinski definition) is 2. The number of nitrogens with two attached hydrogens (primary N) is 1. The topological polar surface area (TPSA) is 59.1 Å². The number of ether oxygens (including phenoxy) is 1. The highest BCUT2D eigenvalue weighted by molar-refractivity contribution is 5.82. The van der Waals surface area contributed by atoms with E-state index in [2.05, 4.69) is 6.92 Å². The molecule has 0 aromatic heterocycles. The van der Waals surface area contributed by atoms with Gasteiger partial charge in [-0.1, -0.05) is 40.0 Å². The van der Waals surface area contributed by atoms with Crippen LogP contribution in [0.3, 0.4) is 0 Å². The van der Waals surface area contributed by atoms with Crippen LogP contribution >= 0.6 is 0 Å². The van der Waals surface area contributed by atoms with E-state index < -0.39 is 0 Å². The van der Waals surface area contributed by atoms with E-state index in [1.807, 2.05) is 13.8 Å². The highest BCUT2D eigenvalue weighted by atomic mass is 16.5. The predicted octanol–water partition coefficient (Wildman–Crippen LogP) is 3.32. The van der Waals surface area contributed by atoms with Crippen LogP contribution < -0.4 is 5.73 Å². The molecule has 1 rings (SSSR count). The van der Waals surface area contributed by atoms with Gasteiger partial charge in [-0.15, -0.1) is 0 Å². The van der Waals surface area contributed by atoms with Gasteiger partial charge in [-0.2, -0.15) is 0 Å². The molecule has 0 aliphatic heterocycles. The Kier molecular flexibility index (Phi) is 5.44. The van der Waals surface area contributed by atoms with E-state index in [-0.39, 0.29) is 11.3 Å². The zero-order chi connectivity index (χ0) is 12.9. The molecular formula is C14H28N2O. The average molecular weight is 240 g/mol. The molecule has 0 bridgehead atoms. The lowest BCUT2D eigenvalue weighted by Gasteiger charge is -2.30. The third kappa shape index (κ3) is 4.66. The summed E-state index contributed by atoms with van der Waals surface area (Å²) in [6, 6.07) is 0. The first-order chi connectivity index (χ1) is 7.95. The van der Waals surface area contributed by atoms with E-state index in [4.69, 9.17) is 15.9 Å². The second kappa shape index (κ2) is 6.39. The van der Waals surface area contributed by atoms with E-state index in [1.54, 1.807) is 0 Å². The molecule has 0 saturated heterocycles. The Balaban J connectivity index is 2.24. The lowest BCUT2D eigenvalue weighted by atomic mass is 9.85. The smallest absolute Gasteiger partial charge is 0.0963 e. The Bertz CT molecular complexity index is 251. The van der Waals surface area contributed by atoms with Crippen molar-refractivity contribution in [3.05, 3.63) is 0 Å². The van der Waals surface area contributed by atoms with E-state index in [0.29, 0.717) is 6.10 Å². The third-order valence-corrected chi connectivity index (χ3v) is 4.12. The Morgan fingerprint density at radius 3 is 2.71 bits per heavy atom. The standard InChI is InChI=1S/C14H28N2O/c1-4-11-6-5-7-12(10-11)17-9-8-14(2,3)13(15)16/h11-12H,4-10H2,1-3H3,(H3,15,16). The number of rotatable bonds is 6. The summed E-state index contributed by atoms with van der Waals surface area (Å²) in [6.45, 7) is 7.02. The summed E-state index contributed by atoms with van der Waals surface area (Å²) in [6.07, 6.45) is 7.66. The first-order valence-electron chi connectivity index (χ1n) is 6.91. The zero-order valence-corrected chi connectivity index (χ0v) is 11.6. The molecule has 0 aromatic carbocycles. The molecule has 3 nitrogen and oxygen atoms in total. The lowest BCUT2D eigenvalue weighted by Crippen LogP contribution is -2.33. The van der Waals surface area contributed by atoms with Gasteiger partial charge in [0.05, 0.1) is 11.9 Å². The van der Waals surface area contributed by atoms with Crippen LogP contribution in [-0.2, 0) is 4.74 Å². The van der Waals surface area contributed by atoms with Crippen LogP contribution in [0.5, 0.6) is 0 Å². The maximum absolute atomic E-state index is 7.50. The normalized spacial score (nSPS) is 25.8. The fourth-order valence-electron chi connectivity index (χ4n) is 2.38. The molecule has 0 heterocycles. The van der Waals surface area contributed by atoms with Crippen LogP contribution in [0.15, 0.2) is 0 Å². The summed E-state index contributed by atoms with van der Waals surface area (Å²) >= 11 is 0. The van der Waals surface area contributed by atoms with Gasteiger partial charge in [-0.05, 0) is 25.2 Å². The first-order valence-corrected chi connectivity index (χ1v) is 6.91. The van der Waals surface area contributed by atoms with Crippen molar-refractivity contribution in [3.8, 4) is 0 Å². The summed E-state index contributed by atoms with van der Waals surface area (Å²) in [5.74, 6) is 1.12. The molecule has 1 fully saturated rings. The summed E-state index contributed by atoms with van der Waals surface area (Å²) < 4.78 is 5.95. The summed E-state index contributed by atoms with van der Waals surface area (Å²) in [5, 5.41) is 7.50. The number of amidine groups is 1. The zero-order valence-electron chi connectivity index (χ0n) is 11.6. The largest absolute Gasteiger partial charge is 0.387 e. The molecule has 0 radical (unpaired) electrons. The third-order valence-electron chi connectivity index (χ3n) is 4.12. The van der Waals surface area contributed by atoms with Gasteiger partial charge in [0.25, 0.3) is 0 Å². The Morgan fingerprint density at radius 1 is 1.41 bits per heavy atom. The van der Waals surface area contributed by atoms with Crippen LogP contribution in [0.2, 0.25) is 0 Å². The van der Waals surface area contributed by atoms with Crippen LogP contribution in [0, 0.1) is 16.7 Å². The molecular weight excluding hydrogens is 212 g/mol. The van der Waals surface area contributed by atoms with Crippen molar-refractivity contribution >= 4 is 5.84 Å². The second-order valence-electron chi connectivity index (χ2n) is 5.98. The van der Waals surface area contributed by atoms with Crippen LogP contribution in [0.4, 0.5) is 0 Å². The van der Waals surface area contributed by atoms with Crippen molar-refractivity contribution in [1.82, 2.24) is 0 Å². The van der Waals surface area contributed by atoms with Gasteiger partial charge >= 0.3 is 0 Å². The minimum Gasteiger partial charge on any atom is -0.387 e.